The van der Waals surface area contributed by atoms with Crippen molar-refractivity contribution in [2.75, 3.05) is 7.11 Å². The Balaban J connectivity index is 3.63. The van der Waals surface area contributed by atoms with Gasteiger partial charge in [-0.05, 0) is 51.4 Å². The molecule has 3 nitrogen and oxygen atoms in total. The topological polar surface area (TPSA) is 46.5 Å². The molecular weight excluding hydrogens is 300 g/mol. The lowest BCUT2D eigenvalue weighted by molar-refractivity contribution is -0.137. The SMILES string of the molecule is CCCCC/C=C\C[C@@H](CC/C=C\C/C=C\CCCC(=O)O)OC. The molecule has 0 bridgehead atoms. The minimum Gasteiger partial charge on any atom is -0.481 e. The maximum absolute atomic E-state index is 10.4. The van der Waals surface area contributed by atoms with Crippen molar-refractivity contribution in [3.8, 4) is 0 Å². The van der Waals surface area contributed by atoms with Crippen LogP contribution < -0.4 is 0 Å². The zero-order chi connectivity index (χ0) is 17.9. The molecule has 1 N–H and O–H groups in total. The highest BCUT2D eigenvalue weighted by Gasteiger charge is 2.02. The Morgan fingerprint density at radius 2 is 1.62 bits per heavy atom. The van der Waals surface area contributed by atoms with Crippen molar-refractivity contribution in [2.45, 2.75) is 83.7 Å². The molecular formula is C21H36O3. The average molecular weight is 337 g/mol. The molecule has 0 saturated heterocycles. The molecule has 0 heterocycles. The van der Waals surface area contributed by atoms with Gasteiger partial charge in [0.2, 0.25) is 0 Å². The molecule has 0 aliphatic heterocycles. The fourth-order valence-electron chi connectivity index (χ4n) is 2.37. The van der Waals surface area contributed by atoms with Gasteiger partial charge in [0, 0.05) is 13.5 Å². The summed E-state index contributed by atoms with van der Waals surface area (Å²) in [5.41, 5.74) is 0. The average Bonchev–Trinajstić information content (AvgIpc) is 2.57. The Hall–Kier alpha value is -1.35. The number of hydrogen-bond donors (Lipinski definition) is 1. The molecule has 0 saturated carbocycles. The van der Waals surface area contributed by atoms with Crippen molar-refractivity contribution >= 4 is 5.97 Å². The molecule has 0 aromatic rings. The third-order valence-electron chi connectivity index (χ3n) is 3.90. The van der Waals surface area contributed by atoms with Gasteiger partial charge in [0.1, 0.15) is 0 Å². The van der Waals surface area contributed by atoms with Crippen LogP contribution in [0.2, 0.25) is 0 Å². The number of allylic oxidation sites excluding steroid dienone is 5. The molecule has 3 heteroatoms. The van der Waals surface area contributed by atoms with Gasteiger partial charge in [-0.15, -0.1) is 0 Å². The normalized spacial score (nSPS) is 13.4. The number of carboxylic acid groups (broad SMARTS) is 1. The van der Waals surface area contributed by atoms with Crippen LogP contribution >= 0.6 is 0 Å². The zero-order valence-corrected chi connectivity index (χ0v) is 15.6. The molecule has 0 spiro atoms. The number of unbranched alkanes of at least 4 members (excludes halogenated alkanes) is 4. The number of carbonyl (C=O) groups is 1. The molecule has 0 aromatic heterocycles. The van der Waals surface area contributed by atoms with Gasteiger partial charge < -0.3 is 9.84 Å². The quantitative estimate of drug-likeness (QED) is 0.275. The summed E-state index contributed by atoms with van der Waals surface area (Å²) in [6.45, 7) is 2.23. The number of rotatable bonds is 16. The van der Waals surface area contributed by atoms with E-state index in [1.54, 1.807) is 7.11 Å². The highest BCUT2D eigenvalue weighted by atomic mass is 16.5. The maximum Gasteiger partial charge on any atom is 0.303 e. The second-order valence-electron chi connectivity index (χ2n) is 6.10. The third kappa shape index (κ3) is 17.0. The van der Waals surface area contributed by atoms with E-state index in [0.717, 1.165) is 38.5 Å². The van der Waals surface area contributed by atoms with E-state index < -0.39 is 5.97 Å². The summed E-state index contributed by atoms with van der Waals surface area (Å²) in [4.78, 5) is 10.4. The van der Waals surface area contributed by atoms with Crippen molar-refractivity contribution in [1.29, 1.82) is 0 Å². The van der Waals surface area contributed by atoms with E-state index in [0.29, 0.717) is 6.10 Å². The molecule has 0 aliphatic rings. The van der Waals surface area contributed by atoms with Crippen LogP contribution in [0.4, 0.5) is 0 Å². The molecule has 24 heavy (non-hydrogen) atoms. The van der Waals surface area contributed by atoms with Crippen LogP contribution in [0.3, 0.4) is 0 Å². The van der Waals surface area contributed by atoms with Crippen LogP contribution in [-0.2, 0) is 9.53 Å². The van der Waals surface area contributed by atoms with Gasteiger partial charge in [0.05, 0.1) is 6.10 Å². The number of methoxy groups -OCH3 is 1. The number of ether oxygens (including phenoxy) is 1. The van der Waals surface area contributed by atoms with E-state index >= 15 is 0 Å². The first kappa shape index (κ1) is 22.6. The summed E-state index contributed by atoms with van der Waals surface area (Å²) in [5.74, 6) is -0.716. The monoisotopic (exact) mass is 336 g/mol. The van der Waals surface area contributed by atoms with Crippen molar-refractivity contribution < 1.29 is 14.6 Å². The highest BCUT2D eigenvalue weighted by molar-refractivity contribution is 5.66. The largest absolute Gasteiger partial charge is 0.481 e. The minimum absolute atomic E-state index is 0.256. The van der Waals surface area contributed by atoms with Gasteiger partial charge in [-0.3, -0.25) is 4.79 Å². The van der Waals surface area contributed by atoms with Crippen molar-refractivity contribution in [3.05, 3.63) is 36.5 Å². The van der Waals surface area contributed by atoms with Gasteiger partial charge in [-0.1, -0.05) is 56.2 Å². The smallest absolute Gasteiger partial charge is 0.303 e. The Bertz CT molecular complexity index is 369. The Morgan fingerprint density at radius 1 is 0.958 bits per heavy atom. The molecule has 0 unspecified atom stereocenters. The van der Waals surface area contributed by atoms with Crippen LogP contribution in [-0.4, -0.2) is 24.3 Å². The fourth-order valence-corrected chi connectivity index (χ4v) is 2.37. The molecule has 0 fully saturated rings. The summed E-state index contributed by atoms with van der Waals surface area (Å²) in [6, 6.07) is 0. The Morgan fingerprint density at radius 3 is 2.29 bits per heavy atom. The Kier molecular flexibility index (Phi) is 17.0. The zero-order valence-electron chi connectivity index (χ0n) is 15.6. The number of aliphatic carboxylic acids is 1. The van der Waals surface area contributed by atoms with Crippen molar-refractivity contribution in [1.82, 2.24) is 0 Å². The Labute approximate surface area is 148 Å². The summed E-state index contributed by atoms with van der Waals surface area (Å²) < 4.78 is 5.52. The van der Waals surface area contributed by atoms with E-state index in [9.17, 15) is 4.79 Å². The van der Waals surface area contributed by atoms with Crippen LogP contribution in [0, 0.1) is 0 Å². The second-order valence-corrected chi connectivity index (χ2v) is 6.10. The first-order valence-corrected chi connectivity index (χ1v) is 9.40. The standard InChI is InChI=1S/C21H36O3/c1-3-4-5-6-11-14-17-20(24-2)18-15-12-9-7-8-10-13-16-19-21(22)23/h8-12,14,20H,3-7,13,15-19H2,1-2H3,(H,22,23)/b10-8-,12-9-,14-11-/t20-/m0/s1. The molecule has 0 amide bonds. The van der Waals surface area contributed by atoms with Crippen molar-refractivity contribution in [3.63, 3.8) is 0 Å². The van der Waals surface area contributed by atoms with Crippen LogP contribution in [0.5, 0.6) is 0 Å². The van der Waals surface area contributed by atoms with Gasteiger partial charge in [0.25, 0.3) is 0 Å². The summed E-state index contributed by atoms with van der Waals surface area (Å²) in [5, 5.41) is 8.53. The van der Waals surface area contributed by atoms with Crippen LogP contribution in [0.25, 0.3) is 0 Å². The van der Waals surface area contributed by atoms with E-state index in [4.69, 9.17) is 9.84 Å². The molecule has 0 radical (unpaired) electrons. The minimum atomic E-state index is -0.716. The van der Waals surface area contributed by atoms with Crippen molar-refractivity contribution in [2.24, 2.45) is 0 Å². The maximum atomic E-state index is 10.4. The van der Waals surface area contributed by atoms with Gasteiger partial charge >= 0.3 is 5.97 Å². The van der Waals surface area contributed by atoms with Gasteiger partial charge in [-0.2, -0.15) is 0 Å². The fraction of sp³-hybridized carbons (Fsp3) is 0.667. The predicted molar refractivity (Wildman–Crippen MR) is 102 cm³/mol. The van der Waals surface area contributed by atoms with Crippen LogP contribution in [0.15, 0.2) is 36.5 Å². The number of hydrogen-bond acceptors (Lipinski definition) is 2. The van der Waals surface area contributed by atoms with E-state index in [2.05, 4.69) is 43.4 Å². The summed E-state index contributed by atoms with van der Waals surface area (Å²) in [6.07, 6.45) is 24.3. The molecule has 0 aliphatic carbocycles. The molecule has 1 atom stereocenters. The number of carboxylic acids is 1. The highest BCUT2D eigenvalue weighted by Crippen LogP contribution is 2.09. The lowest BCUT2D eigenvalue weighted by atomic mass is 10.1. The predicted octanol–water partition coefficient (Wildman–Crippen LogP) is 6.07. The molecule has 138 valence electrons. The van der Waals surface area contributed by atoms with E-state index in [1.165, 1.54) is 25.7 Å². The van der Waals surface area contributed by atoms with Gasteiger partial charge in [-0.25, -0.2) is 0 Å². The van der Waals surface area contributed by atoms with E-state index in [1.807, 2.05) is 0 Å². The summed E-state index contributed by atoms with van der Waals surface area (Å²) >= 11 is 0. The first-order valence-electron chi connectivity index (χ1n) is 9.40. The first-order chi connectivity index (χ1) is 11.7. The molecule has 0 aromatic carbocycles. The van der Waals surface area contributed by atoms with Crippen LogP contribution in [0.1, 0.15) is 77.6 Å². The second kappa shape index (κ2) is 18.0. The lowest BCUT2D eigenvalue weighted by Gasteiger charge is -2.11. The lowest BCUT2D eigenvalue weighted by Crippen LogP contribution is -2.08. The van der Waals surface area contributed by atoms with Gasteiger partial charge in [0.15, 0.2) is 0 Å². The molecule has 0 rings (SSSR count). The van der Waals surface area contributed by atoms with E-state index in [-0.39, 0.29) is 6.42 Å². The third-order valence-corrected chi connectivity index (χ3v) is 3.90. The summed E-state index contributed by atoms with van der Waals surface area (Å²) in [7, 11) is 1.79.